The number of halogens is 1. The van der Waals surface area contributed by atoms with E-state index >= 15 is 0 Å². The molecule has 31 heavy (non-hydrogen) atoms. The number of carbonyl (C=O) groups is 3. The maximum atomic E-state index is 12.5. The molecule has 1 aromatic heterocycles. The first-order valence-electron chi connectivity index (χ1n) is 10.1. The van der Waals surface area contributed by atoms with Gasteiger partial charge in [-0.1, -0.05) is 18.5 Å². The zero-order chi connectivity index (χ0) is 22.4. The Morgan fingerprint density at radius 1 is 1.16 bits per heavy atom. The number of esters is 1. The number of nitrogens with one attached hydrogen (secondary N) is 2. The van der Waals surface area contributed by atoms with Crippen LogP contribution in [0.15, 0.2) is 24.3 Å². The van der Waals surface area contributed by atoms with Gasteiger partial charge in [0.15, 0.2) is 0 Å². The first-order valence-corrected chi connectivity index (χ1v) is 12.5. The molecule has 0 radical (unpaired) electrons. The van der Waals surface area contributed by atoms with E-state index in [-0.39, 0.29) is 35.9 Å². The Kier molecular flexibility index (Phi) is 8.40. The summed E-state index contributed by atoms with van der Waals surface area (Å²) in [6.45, 7) is 4.24. The third-order valence-corrected chi connectivity index (χ3v) is 7.19. The van der Waals surface area contributed by atoms with E-state index < -0.39 is 0 Å². The fourth-order valence-corrected chi connectivity index (χ4v) is 5.55. The minimum atomic E-state index is -0.389. The molecular formula is C22H25ClN2O4S2. The van der Waals surface area contributed by atoms with Crippen LogP contribution in [-0.4, -0.2) is 35.9 Å². The number of thiophene rings is 1. The molecule has 1 aromatic carbocycles. The summed E-state index contributed by atoms with van der Waals surface area (Å²) in [7, 11) is 0. The van der Waals surface area contributed by atoms with Crippen molar-refractivity contribution in [3.05, 3.63) is 45.3 Å². The van der Waals surface area contributed by atoms with Gasteiger partial charge in [0, 0.05) is 15.6 Å². The van der Waals surface area contributed by atoms with Crippen LogP contribution in [0, 0.1) is 5.92 Å². The lowest BCUT2D eigenvalue weighted by Crippen LogP contribution is -2.19. The Balaban J connectivity index is 1.56. The molecule has 0 fully saturated rings. The lowest BCUT2D eigenvalue weighted by atomic mass is 9.88. The third-order valence-electron chi connectivity index (χ3n) is 4.84. The molecule has 0 saturated carbocycles. The maximum Gasteiger partial charge on any atom is 0.341 e. The molecule has 1 aliphatic carbocycles. The Hall–Kier alpha value is -2.03. The molecule has 3 rings (SSSR count). The lowest BCUT2D eigenvalue weighted by molar-refractivity contribution is -0.114. The van der Waals surface area contributed by atoms with E-state index in [0.29, 0.717) is 27.2 Å². The summed E-state index contributed by atoms with van der Waals surface area (Å²) in [5.74, 6) is -0.0391. The Morgan fingerprint density at radius 3 is 2.52 bits per heavy atom. The summed E-state index contributed by atoms with van der Waals surface area (Å²) in [5.41, 5.74) is 2.15. The summed E-state index contributed by atoms with van der Waals surface area (Å²) >= 11 is 8.50. The highest BCUT2D eigenvalue weighted by Gasteiger charge is 2.29. The smallest absolute Gasteiger partial charge is 0.341 e. The van der Waals surface area contributed by atoms with Crippen molar-refractivity contribution in [2.75, 3.05) is 28.7 Å². The van der Waals surface area contributed by atoms with Gasteiger partial charge >= 0.3 is 5.97 Å². The molecule has 0 spiro atoms. The van der Waals surface area contributed by atoms with Crippen molar-refractivity contribution < 1.29 is 19.1 Å². The second-order valence-electron chi connectivity index (χ2n) is 7.37. The number of amides is 2. The Bertz CT molecular complexity index is 959. The zero-order valence-electron chi connectivity index (χ0n) is 17.5. The predicted molar refractivity (Wildman–Crippen MR) is 128 cm³/mol. The van der Waals surface area contributed by atoms with Crippen LogP contribution < -0.4 is 10.6 Å². The number of thioether (sulfide) groups is 1. The second kappa shape index (κ2) is 11.0. The van der Waals surface area contributed by atoms with Crippen LogP contribution in [0.2, 0.25) is 5.02 Å². The molecule has 2 N–H and O–H groups in total. The van der Waals surface area contributed by atoms with Crippen LogP contribution in [0.5, 0.6) is 0 Å². The molecule has 1 aliphatic rings. The van der Waals surface area contributed by atoms with Crippen molar-refractivity contribution in [1.29, 1.82) is 0 Å². The number of ether oxygens (including phenoxy) is 1. The molecule has 1 atom stereocenters. The van der Waals surface area contributed by atoms with Crippen molar-refractivity contribution in [2.24, 2.45) is 5.92 Å². The minimum Gasteiger partial charge on any atom is -0.462 e. The number of benzene rings is 1. The molecule has 0 bridgehead atoms. The van der Waals surface area contributed by atoms with E-state index in [0.717, 1.165) is 29.7 Å². The molecule has 0 unspecified atom stereocenters. The van der Waals surface area contributed by atoms with Crippen molar-refractivity contribution in [3.8, 4) is 0 Å². The van der Waals surface area contributed by atoms with Gasteiger partial charge in [0.2, 0.25) is 11.8 Å². The number of rotatable bonds is 8. The number of fused-ring (bicyclic) bond motifs is 1. The summed E-state index contributed by atoms with van der Waals surface area (Å²) in [5, 5.41) is 6.76. The highest BCUT2D eigenvalue weighted by molar-refractivity contribution is 8.00. The van der Waals surface area contributed by atoms with E-state index in [1.54, 1.807) is 31.2 Å². The van der Waals surface area contributed by atoms with Gasteiger partial charge in [0.25, 0.3) is 0 Å². The monoisotopic (exact) mass is 480 g/mol. The summed E-state index contributed by atoms with van der Waals surface area (Å²) < 4.78 is 5.23. The highest BCUT2D eigenvalue weighted by Crippen LogP contribution is 2.40. The number of anilines is 2. The van der Waals surface area contributed by atoms with Gasteiger partial charge in [-0.15, -0.1) is 23.1 Å². The molecule has 2 aromatic rings. The lowest BCUT2D eigenvalue weighted by Gasteiger charge is -2.18. The molecule has 0 saturated heterocycles. The summed E-state index contributed by atoms with van der Waals surface area (Å²) in [6, 6.07) is 6.82. The molecular weight excluding hydrogens is 456 g/mol. The molecule has 1 heterocycles. The van der Waals surface area contributed by atoms with Crippen LogP contribution >= 0.6 is 34.7 Å². The SMILES string of the molecule is CCOC(=O)c1c(NC(=O)CSCC(=O)Nc2ccc(Cl)cc2)sc2c1CC[C@H](C)C2. The normalized spacial score (nSPS) is 15.1. The van der Waals surface area contributed by atoms with Crippen LogP contribution in [0.4, 0.5) is 10.7 Å². The number of hydrogen-bond acceptors (Lipinski definition) is 6. The van der Waals surface area contributed by atoms with Crippen LogP contribution in [0.3, 0.4) is 0 Å². The fraction of sp³-hybridized carbons (Fsp3) is 0.409. The molecule has 166 valence electrons. The van der Waals surface area contributed by atoms with E-state index in [1.165, 1.54) is 23.1 Å². The van der Waals surface area contributed by atoms with Crippen molar-refractivity contribution in [1.82, 2.24) is 0 Å². The van der Waals surface area contributed by atoms with Crippen molar-refractivity contribution in [3.63, 3.8) is 0 Å². The topological polar surface area (TPSA) is 84.5 Å². The van der Waals surface area contributed by atoms with Gasteiger partial charge in [-0.05, 0) is 61.9 Å². The maximum absolute atomic E-state index is 12.5. The van der Waals surface area contributed by atoms with Crippen LogP contribution in [0.1, 0.15) is 41.1 Å². The molecule has 0 aliphatic heterocycles. The first kappa shape index (κ1) is 23.6. The van der Waals surface area contributed by atoms with Gasteiger partial charge in [-0.2, -0.15) is 0 Å². The van der Waals surface area contributed by atoms with E-state index in [1.807, 2.05) is 0 Å². The second-order valence-corrected chi connectivity index (χ2v) is 9.90. The average Bonchev–Trinajstić information content (AvgIpc) is 3.06. The van der Waals surface area contributed by atoms with Crippen molar-refractivity contribution in [2.45, 2.75) is 33.1 Å². The standard InChI is InChI=1S/C22H25ClN2O4S2/c1-3-29-22(28)20-16-9-4-13(2)10-17(16)31-21(20)25-19(27)12-30-11-18(26)24-15-7-5-14(23)6-8-15/h5-8,13H,3-4,9-12H2,1-2H3,(H,24,26)(H,25,27)/t13-/m0/s1. The zero-order valence-corrected chi connectivity index (χ0v) is 19.8. The van der Waals surface area contributed by atoms with Gasteiger partial charge in [-0.3, -0.25) is 9.59 Å². The number of hydrogen-bond donors (Lipinski definition) is 2. The van der Waals surface area contributed by atoms with Crippen molar-refractivity contribution >= 4 is 63.2 Å². The summed E-state index contributed by atoms with van der Waals surface area (Å²) in [4.78, 5) is 38.2. The molecule has 9 heteroatoms. The molecule has 6 nitrogen and oxygen atoms in total. The van der Waals surface area contributed by atoms with E-state index in [2.05, 4.69) is 17.6 Å². The predicted octanol–water partition coefficient (Wildman–Crippen LogP) is 5.01. The van der Waals surface area contributed by atoms with E-state index in [4.69, 9.17) is 16.3 Å². The minimum absolute atomic E-state index is 0.106. The Morgan fingerprint density at radius 2 is 1.84 bits per heavy atom. The van der Waals surface area contributed by atoms with Gasteiger partial charge in [-0.25, -0.2) is 4.79 Å². The largest absolute Gasteiger partial charge is 0.462 e. The van der Waals surface area contributed by atoms with Gasteiger partial charge < -0.3 is 15.4 Å². The highest BCUT2D eigenvalue weighted by atomic mass is 35.5. The average molecular weight is 481 g/mol. The third kappa shape index (κ3) is 6.48. The Labute approximate surface area is 195 Å². The summed E-state index contributed by atoms with van der Waals surface area (Å²) in [6.07, 6.45) is 2.74. The quantitative estimate of drug-likeness (QED) is 0.518. The van der Waals surface area contributed by atoms with Gasteiger partial charge in [0.1, 0.15) is 5.00 Å². The first-order chi connectivity index (χ1) is 14.9. The van der Waals surface area contributed by atoms with E-state index in [9.17, 15) is 14.4 Å². The van der Waals surface area contributed by atoms with Crippen LogP contribution in [-0.2, 0) is 27.2 Å². The molecule has 2 amide bonds. The number of carbonyl (C=O) groups excluding carboxylic acids is 3. The van der Waals surface area contributed by atoms with Gasteiger partial charge in [0.05, 0.1) is 23.7 Å². The fourth-order valence-electron chi connectivity index (χ4n) is 3.39. The van der Waals surface area contributed by atoms with Crippen LogP contribution in [0.25, 0.3) is 0 Å².